The van der Waals surface area contributed by atoms with Crippen molar-refractivity contribution in [1.29, 1.82) is 0 Å². The second kappa shape index (κ2) is 8.61. The molecule has 2 aliphatic rings. The Morgan fingerprint density at radius 3 is 2.67 bits per heavy atom. The number of hydrogen-bond acceptors (Lipinski definition) is 4. The third-order valence-electron chi connectivity index (χ3n) is 3.56. The summed E-state index contributed by atoms with van der Waals surface area (Å²) in [5.74, 6) is 1.21. The summed E-state index contributed by atoms with van der Waals surface area (Å²) < 4.78 is 5.52. The Hall–Kier alpha value is -0.780. The predicted molar refractivity (Wildman–Crippen MR) is 87.5 cm³/mol. The molecule has 2 aliphatic carbocycles. The smallest absolute Gasteiger partial charge is 0.227 e. The van der Waals surface area contributed by atoms with Crippen molar-refractivity contribution >= 4 is 17.7 Å². The minimum absolute atomic E-state index is 0.102. The number of rotatable bonds is 12. The normalized spacial score (nSPS) is 17.5. The van der Waals surface area contributed by atoms with Crippen LogP contribution in [0.3, 0.4) is 0 Å². The van der Waals surface area contributed by atoms with Crippen LogP contribution in [-0.2, 0) is 9.53 Å². The maximum absolute atomic E-state index is 11.6. The molecule has 0 aromatic rings. The fourth-order valence-corrected chi connectivity index (χ4v) is 2.68. The minimum atomic E-state index is 0.102. The summed E-state index contributed by atoms with van der Waals surface area (Å²) in [5.41, 5.74) is 0. The number of carbonyl (C=O) groups excluding carboxylic acids is 1. The highest BCUT2D eigenvalue weighted by Gasteiger charge is 2.29. The first kappa shape index (κ1) is 16.6. The molecule has 0 spiro atoms. The van der Waals surface area contributed by atoms with E-state index in [-0.39, 0.29) is 11.8 Å². The quantitative estimate of drug-likeness (QED) is 0.430. The van der Waals surface area contributed by atoms with Crippen molar-refractivity contribution in [2.45, 2.75) is 38.5 Å². The summed E-state index contributed by atoms with van der Waals surface area (Å²) in [6.07, 6.45) is 6.58. The van der Waals surface area contributed by atoms with E-state index in [0.29, 0.717) is 11.8 Å². The van der Waals surface area contributed by atoms with Gasteiger partial charge < -0.3 is 10.1 Å². The number of amides is 1. The van der Waals surface area contributed by atoms with E-state index in [4.69, 9.17) is 4.74 Å². The average molecular weight is 310 g/mol. The molecule has 2 fully saturated rings. The Morgan fingerprint density at radius 2 is 2.00 bits per heavy atom. The van der Waals surface area contributed by atoms with Crippen LogP contribution in [0, 0.1) is 11.8 Å². The maximum Gasteiger partial charge on any atom is 0.227 e. The molecule has 0 radical (unpaired) electrons. The molecule has 118 valence electrons. The van der Waals surface area contributed by atoms with E-state index in [1.54, 1.807) is 0 Å². The fraction of sp³-hybridized carbons (Fsp3) is 0.688. The molecule has 4 nitrogen and oxygen atoms in total. The lowest BCUT2D eigenvalue weighted by molar-refractivity contribution is -0.121. The number of hydrogen-bond donors (Lipinski definition) is 2. The van der Waals surface area contributed by atoms with Crippen LogP contribution in [0.2, 0.25) is 0 Å². The van der Waals surface area contributed by atoms with Gasteiger partial charge in [0.05, 0.1) is 11.8 Å². The molecule has 0 bridgehead atoms. The van der Waals surface area contributed by atoms with Crippen LogP contribution in [0.4, 0.5) is 0 Å². The van der Waals surface area contributed by atoms with Crippen LogP contribution in [0.25, 0.3) is 0 Å². The van der Waals surface area contributed by atoms with E-state index in [2.05, 4.69) is 23.8 Å². The standard InChI is InChI=1S/C16H26N2O2S/c1-12(21-13(2)18-16(19)15-7-8-15)4-3-9-20-11-17-10-14-5-6-14/h14-15,17H,1-11H2,(H,18,19). The largest absolute Gasteiger partial charge is 0.366 e. The van der Waals surface area contributed by atoms with Gasteiger partial charge in [0, 0.05) is 19.1 Å². The van der Waals surface area contributed by atoms with E-state index in [0.717, 1.165) is 49.7 Å². The lowest BCUT2D eigenvalue weighted by Crippen LogP contribution is -2.22. The maximum atomic E-state index is 11.6. The van der Waals surface area contributed by atoms with E-state index in [1.165, 1.54) is 24.6 Å². The van der Waals surface area contributed by atoms with Gasteiger partial charge in [0.2, 0.25) is 5.91 Å². The molecular formula is C16H26N2O2S. The van der Waals surface area contributed by atoms with E-state index in [9.17, 15) is 4.79 Å². The number of ether oxygens (including phenoxy) is 1. The molecule has 0 aromatic carbocycles. The molecule has 0 saturated heterocycles. The number of nitrogens with one attached hydrogen (secondary N) is 2. The Morgan fingerprint density at radius 1 is 1.24 bits per heavy atom. The average Bonchev–Trinajstić information content (AvgIpc) is 3.28. The highest BCUT2D eigenvalue weighted by molar-refractivity contribution is 8.06. The van der Waals surface area contributed by atoms with Crippen molar-refractivity contribution in [3.8, 4) is 0 Å². The molecule has 0 aromatic heterocycles. The predicted octanol–water partition coefficient (Wildman–Crippen LogP) is 2.98. The zero-order valence-electron chi connectivity index (χ0n) is 12.7. The van der Waals surface area contributed by atoms with Crippen LogP contribution in [-0.4, -0.2) is 25.8 Å². The van der Waals surface area contributed by atoms with Crippen LogP contribution in [0.15, 0.2) is 23.1 Å². The van der Waals surface area contributed by atoms with Crippen molar-refractivity contribution in [3.63, 3.8) is 0 Å². The van der Waals surface area contributed by atoms with E-state index in [1.807, 2.05) is 0 Å². The van der Waals surface area contributed by atoms with Crippen LogP contribution >= 0.6 is 11.8 Å². The van der Waals surface area contributed by atoms with Gasteiger partial charge in [-0.25, -0.2) is 0 Å². The summed E-state index contributed by atoms with van der Waals surface area (Å²) in [4.78, 5) is 12.6. The van der Waals surface area contributed by atoms with Gasteiger partial charge in [0.25, 0.3) is 0 Å². The van der Waals surface area contributed by atoms with Crippen LogP contribution < -0.4 is 10.6 Å². The van der Waals surface area contributed by atoms with Gasteiger partial charge in [0.15, 0.2) is 0 Å². The van der Waals surface area contributed by atoms with Gasteiger partial charge in [0.1, 0.15) is 0 Å². The van der Waals surface area contributed by atoms with Crippen LogP contribution in [0.5, 0.6) is 0 Å². The van der Waals surface area contributed by atoms with Gasteiger partial charge in [-0.3, -0.25) is 10.1 Å². The van der Waals surface area contributed by atoms with E-state index >= 15 is 0 Å². The van der Waals surface area contributed by atoms with Crippen molar-refractivity contribution < 1.29 is 9.53 Å². The van der Waals surface area contributed by atoms with Gasteiger partial charge in [-0.2, -0.15) is 0 Å². The zero-order valence-corrected chi connectivity index (χ0v) is 13.5. The Balaban J connectivity index is 1.41. The zero-order chi connectivity index (χ0) is 15.1. The number of thioether (sulfide) groups is 1. The molecule has 1 amide bonds. The number of allylic oxidation sites excluding steroid dienone is 1. The van der Waals surface area contributed by atoms with Gasteiger partial charge >= 0.3 is 0 Å². The molecule has 21 heavy (non-hydrogen) atoms. The molecule has 0 atom stereocenters. The topological polar surface area (TPSA) is 50.4 Å². The third-order valence-corrected chi connectivity index (χ3v) is 4.40. The summed E-state index contributed by atoms with van der Waals surface area (Å²) in [7, 11) is 0. The molecule has 0 unspecified atom stereocenters. The minimum Gasteiger partial charge on any atom is -0.366 e. The first-order valence-corrected chi connectivity index (χ1v) is 8.60. The van der Waals surface area contributed by atoms with Crippen molar-refractivity contribution in [1.82, 2.24) is 10.6 Å². The Labute approximate surface area is 131 Å². The third kappa shape index (κ3) is 7.69. The Kier molecular flexibility index (Phi) is 6.80. The molecule has 2 rings (SSSR count). The Bertz CT molecular complexity index is 390. The summed E-state index contributed by atoms with van der Waals surface area (Å²) in [5, 5.41) is 6.81. The molecule has 2 saturated carbocycles. The van der Waals surface area contributed by atoms with Gasteiger partial charge in [-0.15, -0.1) is 0 Å². The van der Waals surface area contributed by atoms with Crippen molar-refractivity contribution in [2.75, 3.05) is 19.9 Å². The lowest BCUT2D eigenvalue weighted by atomic mass is 10.3. The molecule has 2 N–H and O–H groups in total. The van der Waals surface area contributed by atoms with Gasteiger partial charge in [-0.1, -0.05) is 24.9 Å². The highest BCUT2D eigenvalue weighted by Crippen LogP contribution is 2.31. The SMILES string of the molecule is C=C(CCCOCNCC1CC1)SC(=C)NC(=O)C1CC1. The van der Waals surface area contributed by atoms with E-state index < -0.39 is 0 Å². The molecule has 0 heterocycles. The summed E-state index contributed by atoms with van der Waals surface area (Å²) >= 11 is 1.46. The monoisotopic (exact) mass is 310 g/mol. The summed E-state index contributed by atoms with van der Waals surface area (Å²) in [6, 6.07) is 0. The summed E-state index contributed by atoms with van der Waals surface area (Å²) in [6.45, 7) is 10.3. The second-order valence-electron chi connectivity index (χ2n) is 5.88. The fourth-order valence-electron chi connectivity index (χ4n) is 1.94. The molecule has 0 aliphatic heterocycles. The first-order chi connectivity index (χ1) is 10.1. The molecule has 5 heteroatoms. The van der Waals surface area contributed by atoms with Crippen molar-refractivity contribution in [3.05, 3.63) is 23.1 Å². The highest BCUT2D eigenvalue weighted by atomic mass is 32.2. The molecular weight excluding hydrogens is 284 g/mol. The second-order valence-corrected chi connectivity index (χ2v) is 7.16. The van der Waals surface area contributed by atoms with Gasteiger partial charge in [-0.05, 0) is 49.3 Å². The lowest BCUT2D eigenvalue weighted by Gasteiger charge is -2.10. The number of carbonyl (C=O) groups is 1. The van der Waals surface area contributed by atoms with Crippen molar-refractivity contribution in [2.24, 2.45) is 11.8 Å². The first-order valence-electron chi connectivity index (χ1n) is 7.79. The van der Waals surface area contributed by atoms with Crippen LogP contribution in [0.1, 0.15) is 38.5 Å².